The van der Waals surface area contributed by atoms with Crippen LogP contribution in [0.25, 0.3) is 0 Å². The summed E-state index contributed by atoms with van der Waals surface area (Å²) in [5.74, 6) is 1.41. The molecule has 0 saturated heterocycles. The smallest absolute Gasteiger partial charge is 0.252 e. The summed E-state index contributed by atoms with van der Waals surface area (Å²) in [5, 5.41) is 9.74. The Hall–Kier alpha value is -2.73. The number of carbonyl (C=O) groups excluding carboxylic acids is 1. The molecule has 0 saturated carbocycles. The lowest BCUT2D eigenvalue weighted by Gasteiger charge is -2.13. The van der Waals surface area contributed by atoms with E-state index in [-0.39, 0.29) is 5.91 Å². The van der Waals surface area contributed by atoms with E-state index >= 15 is 0 Å². The van der Waals surface area contributed by atoms with Crippen LogP contribution in [0.1, 0.15) is 28.4 Å². The van der Waals surface area contributed by atoms with Crippen LogP contribution >= 0.6 is 11.6 Å². The van der Waals surface area contributed by atoms with Gasteiger partial charge in [0.15, 0.2) is 5.96 Å². The quantitative estimate of drug-likeness (QED) is 0.333. The van der Waals surface area contributed by atoms with Gasteiger partial charge in [0.05, 0.1) is 17.7 Å². The third kappa shape index (κ3) is 7.31. The van der Waals surface area contributed by atoms with E-state index in [1.807, 2.05) is 19.1 Å². The molecule has 0 aliphatic rings. The van der Waals surface area contributed by atoms with E-state index in [1.54, 1.807) is 31.4 Å². The number of aryl methyl sites for hydroxylation is 1. The van der Waals surface area contributed by atoms with Gasteiger partial charge in [0.1, 0.15) is 5.75 Å². The Morgan fingerprint density at radius 2 is 1.86 bits per heavy atom. The largest absolute Gasteiger partial charge is 0.496 e. The second-order valence-corrected chi connectivity index (χ2v) is 6.90. The van der Waals surface area contributed by atoms with E-state index < -0.39 is 0 Å². The lowest BCUT2D eigenvalue weighted by atomic mass is 10.1. The number of nitrogens with one attached hydrogen (secondary N) is 3. The first-order valence-electron chi connectivity index (χ1n) is 9.73. The summed E-state index contributed by atoms with van der Waals surface area (Å²) in [6, 6.07) is 13.1. The van der Waals surface area contributed by atoms with Crippen molar-refractivity contribution >= 4 is 23.5 Å². The standard InChI is InChI=1S/C22H29ClN4O2/c1-4-24-22(26-12-11-17-15-16(2)9-10-20(17)29-3)27-14-13-25-21(28)18-7-5-6-8-19(18)23/h5-10,15H,4,11-14H2,1-3H3,(H,25,28)(H2,24,26,27). The van der Waals surface area contributed by atoms with E-state index in [0.717, 1.165) is 24.3 Å². The van der Waals surface area contributed by atoms with Crippen LogP contribution in [-0.4, -0.2) is 45.2 Å². The molecule has 2 aromatic carbocycles. The minimum Gasteiger partial charge on any atom is -0.496 e. The molecule has 2 rings (SSSR count). The van der Waals surface area contributed by atoms with Crippen molar-refractivity contribution in [3.05, 3.63) is 64.2 Å². The van der Waals surface area contributed by atoms with Gasteiger partial charge in [0, 0.05) is 26.2 Å². The highest BCUT2D eigenvalue weighted by Crippen LogP contribution is 2.20. The maximum Gasteiger partial charge on any atom is 0.252 e. The van der Waals surface area contributed by atoms with Crippen LogP contribution < -0.4 is 20.7 Å². The molecule has 0 unspecified atom stereocenters. The minimum absolute atomic E-state index is 0.189. The first-order chi connectivity index (χ1) is 14.0. The Morgan fingerprint density at radius 1 is 1.10 bits per heavy atom. The monoisotopic (exact) mass is 416 g/mol. The Balaban J connectivity index is 1.82. The maximum absolute atomic E-state index is 12.2. The molecule has 29 heavy (non-hydrogen) atoms. The molecule has 0 aliphatic heterocycles. The second-order valence-electron chi connectivity index (χ2n) is 6.49. The first kappa shape index (κ1) is 22.6. The number of halogens is 1. The van der Waals surface area contributed by atoms with Crippen molar-refractivity contribution < 1.29 is 9.53 Å². The van der Waals surface area contributed by atoms with Crippen molar-refractivity contribution in [1.29, 1.82) is 0 Å². The van der Waals surface area contributed by atoms with E-state index in [9.17, 15) is 4.79 Å². The fourth-order valence-electron chi connectivity index (χ4n) is 2.83. The maximum atomic E-state index is 12.2. The molecule has 156 valence electrons. The number of amides is 1. The van der Waals surface area contributed by atoms with Gasteiger partial charge in [-0.2, -0.15) is 0 Å². The minimum atomic E-state index is -0.189. The molecule has 2 aromatic rings. The molecule has 6 nitrogen and oxygen atoms in total. The van der Waals surface area contributed by atoms with Crippen LogP contribution in [-0.2, 0) is 6.42 Å². The second kappa shape index (κ2) is 12.0. The number of aliphatic imine (C=N–C) groups is 1. The van der Waals surface area contributed by atoms with E-state index in [2.05, 4.69) is 33.9 Å². The first-order valence-corrected chi connectivity index (χ1v) is 10.1. The summed E-state index contributed by atoms with van der Waals surface area (Å²) in [4.78, 5) is 16.8. The van der Waals surface area contributed by atoms with Gasteiger partial charge in [-0.05, 0) is 44.0 Å². The fraction of sp³-hybridized carbons (Fsp3) is 0.364. The van der Waals surface area contributed by atoms with Crippen molar-refractivity contribution in [3.8, 4) is 5.75 Å². The number of nitrogens with zero attached hydrogens (tertiary/aromatic N) is 1. The number of benzene rings is 2. The van der Waals surface area contributed by atoms with Gasteiger partial charge in [-0.3, -0.25) is 9.79 Å². The van der Waals surface area contributed by atoms with Gasteiger partial charge in [-0.25, -0.2) is 0 Å². The summed E-state index contributed by atoms with van der Waals surface area (Å²) >= 11 is 6.05. The van der Waals surface area contributed by atoms with Crippen molar-refractivity contribution in [2.24, 2.45) is 4.99 Å². The zero-order valence-corrected chi connectivity index (χ0v) is 18.0. The molecule has 0 aliphatic carbocycles. The van der Waals surface area contributed by atoms with Crippen LogP contribution in [0.2, 0.25) is 5.02 Å². The van der Waals surface area contributed by atoms with Crippen molar-refractivity contribution in [2.45, 2.75) is 20.3 Å². The molecule has 0 atom stereocenters. The van der Waals surface area contributed by atoms with Crippen LogP contribution in [0.15, 0.2) is 47.5 Å². The number of guanidine groups is 1. The third-order valence-electron chi connectivity index (χ3n) is 4.25. The summed E-state index contributed by atoms with van der Waals surface area (Å²) < 4.78 is 5.42. The molecule has 7 heteroatoms. The van der Waals surface area contributed by atoms with Crippen molar-refractivity contribution in [1.82, 2.24) is 16.0 Å². The summed E-state index contributed by atoms with van der Waals surface area (Å²) in [6.45, 7) is 6.47. The Kier molecular flexibility index (Phi) is 9.31. The highest BCUT2D eigenvalue weighted by atomic mass is 35.5. The van der Waals surface area contributed by atoms with E-state index in [4.69, 9.17) is 16.3 Å². The number of ether oxygens (including phenoxy) is 1. The normalized spacial score (nSPS) is 11.1. The average molecular weight is 417 g/mol. The zero-order valence-electron chi connectivity index (χ0n) is 17.2. The third-order valence-corrected chi connectivity index (χ3v) is 4.58. The molecule has 0 bridgehead atoms. The van der Waals surface area contributed by atoms with E-state index in [0.29, 0.717) is 36.2 Å². The molecule has 0 heterocycles. The molecule has 0 radical (unpaired) electrons. The average Bonchev–Trinajstić information content (AvgIpc) is 2.71. The number of hydrogen-bond donors (Lipinski definition) is 3. The highest BCUT2D eigenvalue weighted by molar-refractivity contribution is 6.33. The summed E-state index contributed by atoms with van der Waals surface area (Å²) in [6.07, 6.45) is 0.782. The Morgan fingerprint density at radius 3 is 2.59 bits per heavy atom. The molecule has 1 amide bonds. The molecule has 0 fully saturated rings. The highest BCUT2D eigenvalue weighted by Gasteiger charge is 2.08. The van der Waals surface area contributed by atoms with Crippen molar-refractivity contribution in [2.75, 3.05) is 33.3 Å². The van der Waals surface area contributed by atoms with Crippen LogP contribution in [0.5, 0.6) is 5.75 Å². The summed E-state index contributed by atoms with van der Waals surface area (Å²) in [7, 11) is 1.68. The number of hydrogen-bond acceptors (Lipinski definition) is 3. The predicted molar refractivity (Wildman–Crippen MR) is 119 cm³/mol. The topological polar surface area (TPSA) is 74.8 Å². The van der Waals surface area contributed by atoms with Crippen LogP contribution in [0.4, 0.5) is 0 Å². The number of carbonyl (C=O) groups is 1. The molecule has 0 aromatic heterocycles. The van der Waals surface area contributed by atoms with Crippen molar-refractivity contribution in [3.63, 3.8) is 0 Å². The zero-order chi connectivity index (χ0) is 21.1. The molecular formula is C22H29ClN4O2. The number of rotatable bonds is 9. The van der Waals surface area contributed by atoms with Gasteiger partial charge >= 0.3 is 0 Å². The van der Waals surface area contributed by atoms with Gasteiger partial charge < -0.3 is 20.7 Å². The predicted octanol–water partition coefficient (Wildman–Crippen LogP) is 3.18. The lowest BCUT2D eigenvalue weighted by Crippen LogP contribution is -2.41. The molecular weight excluding hydrogens is 388 g/mol. The molecule has 0 spiro atoms. The van der Waals surface area contributed by atoms with Gasteiger partial charge in [-0.1, -0.05) is 41.4 Å². The van der Waals surface area contributed by atoms with Crippen LogP contribution in [0.3, 0.4) is 0 Å². The van der Waals surface area contributed by atoms with Gasteiger partial charge in [-0.15, -0.1) is 0 Å². The lowest BCUT2D eigenvalue weighted by molar-refractivity contribution is 0.0954. The fourth-order valence-corrected chi connectivity index (χ4v) is 3.05. The Bertz CT molecular complexity index is 839. The number of methoxy groups -OCH3 is 1. The molecule has 3 N–H and O–H groups in total. The SMILES string of the molecule is CCNC(=NCCc1cc(C)ccc1OC)NCCNC(=O)c1ccccc1Cl. The summed E-state index contributed by atoms with van der Waals surface area (Å²) in [5.41, 5.74) is 2.81. The van der Waals surface area contributed by atoms with Gasteiger partial charge in [0.25, 0.3) is 5.91 Å². The van der Waals surface area contributed by atoms with E-state index in [1.165, 1.54) is 5.56 Å². The van der Waals surface area contributed by atoms with Gasteiger partial charge in [0.2, 0.25) is 0 Å². The Labute approximate surface area is 177 Å². The van der Waals surface area contributed by atoms with Crippen LogP contribution in [0, 0.1) is 6.92 Å².